The van der Waals surface area contributed by atoms with Crippen molar-refractivity contribution < 1.29 is 9.53 Å². The highest BCUT2D eigenvalue weighted by atomic mass is 35.5. The Hall–Kier alpha value is -1.26. The van der Waals surface area contributed by atoms with E-state index >= 15 is 0 Å². The fraction of sp³-hybridized carbons (Fsp3) is 0.632. The van der Waals surface area contributed by atoms with E-state index in [9.17, 15) is 4.79 Å². The molecule has 0 saturated carbocycles. The number of halogens is 1. The van der Waals surface area contributed by atoms with Gasteiger partial charge < -0.3 is 15.4 Å². The van der Waals surface area contributed by atoms with Crippen LogP contribution in [-0.2, 0) is 4.79 Å². The van der Waals surface area contributed by atoms with E-state index in [0.29, 0.717) is 0 Å². The number of carbonyl (C=O) groups is 1. The van der Waals surface area contributed by atoms with Crippen LogP contribution in [0.3, 0.4) is 0 Å². The highest BCUT2D eigenvalue weighted by molar-refractivity contribution is 5.86. The van der Waals surface area contributed by atoms with Crippen molar-refractivity contribution in [2.24, 2.45) is 5.73 Å². The van der Waals surface area contributed by atoms with E-state index in [0.717, 1.165) is 50.1 Å². The summed E-state index contributed by atoms with van der Waals surface area (Å²) >= 11 is 0. The number of piperidine rings is 1. The molecule has 4 nitrogen and oxygen atoms in total. The molecule has 5 heteroatoms. The lowest BCUT2D eigenvalue weighted by Crippen LogP contribution is -2.55. The van der Waals surface area contributed by atoms with Gasteiger partial charge in [0.15, 0.2) is 0 Å². The second kappa shape index (κ2) is 8.72. The lowest BCUT2D eigenvalue weighted by atomic mass is 9.94. The van der Waals surface area contributed by atoms with Gasteiger partial charge in [-0.2, -0.15) is 0 Å². The van der Waals surface area contributed by atoms with Crippen LogP contribution in [0.4, 0.5) is 0 Å². The van der Waals surface area contributed by atoms with Crippen molar-refractivity contribution in [1.82, 2.24) is 4.90 Å². The summed E-state index contributed by atoms with van der Waals surface area (Å²) in [4.78, 5) is 14.4. The van der Waals surface area contributed by atoms with Crippen molar-refractivity contribution in [3.8, 4) is 5.75 Å². The van der Waals surface area contributed by atoms with Gasteiger partial charge in [0.2, 0.25) is 5.91 Å². The third-order valence-corrected chi connectivity index (χ3v) is 4.62. The Morgan fingerprint density at radius 2 is 1.96 bits per heavy atom. The van der Waals surface area contributed by atoms with Crippen LogP contribution in [0.15, 0.2) is 18.2 Å². The molecule has 1 aromatic carbocycles. The van der Waals surface area contributed by atoms with Gasteiger partial charge in [-0.1, -0.05) is 25.5 Å². The Kier molecular flexibility index (Phi) is 7.56. The minimum Gasteiger partial charge on any atom is -0.490 e. The summed E-state index contributed by atoms with van der Waals surface area (Å²) in [6, 6.07) is 6.28. The first-order valence-electron chi connectivity index (χ1n) is 8.65. The fourth-order valence-electron chi connectivity index (χ4n) is 3.18. The summed E-state index contributed by atoms with van der Waals surface area (Å²) in [6.45, 7) is 9.50. The smallest absolute Gasteiger partial charge is 0.242 e. The molecule has 1 unspecified atom stereocenters. The molecule has 136 valence electrons. The van der Waals surface area contributed by atoms with E-state index in [-0.39, 0.29) is 24.4 Å². The van der Waals surface area contributed by atoms with E-state index in [4.69, 9.17) is 10.5 Å². The number of carbonyl (C=O) groups excluding carboxylic acids is 1. The molecule has 1 atom stereocenters. The lowest BCUT2D eigenvalue weighted by molar-refractivity contribution is -0.138. The number of benzene rings is 1. The average molecular weight is 355 g/mol. The number of rotatable bonds is 5. The van der Waals surface area contributed by atoms with Gasteiger partial charge in [0.1, 0.15) is 11.9 Å². The maximum absolute atomic E-state index is 12.5. The van der Waals surface area contributed by atoms with Crippen LogP contribution in [0.25, 0.3) is 0 Å². The van der Waals surface area contributed by atoms with Gasteiger partial charge in [-0.15, -0.1) is 12.4 Å². The molecule has 2 N–H and O–H groups in total. The molecule has 0 aliphatic carbocycles. The third kappa shape index (κ3) is 5.12. The summed E-state index contributed by atoms with van der Waals surface area (Å²) in [5, 5.41) is 0. The third-order valence-electron chi connectivity index (χ3n) is 4.62. The number of likely N-dealkylation sites (tertiary alicyclic amines) is 1. The van der Waals surface area contributed by atoms with Crippen LogP contribution in [0.2, 0.25) is 0 Å². The summed E-state index contributed by atoms with van der Waals surface area (Å²) < 4.78 is 6.16. The zero-order valence-electron chi connectivity index (χ0n) is 15.3. The molecule has 1 amide bonds. The number of nitrogens with two attached hydrogens (primary N) is 1. The molecule has 1 aromatic rings. The largest absolute Gasteiger partial charge is 0.490 e. The number of nitrogens with zero attached hydrogens (tertiary/aromatic N) is 1. The van der Waals surface area contributed by atoms with Crippen LogP contribution < -0.4 is 10.5 Å². The summed E-state index contributed by atoms with van der Waals surface area (Å²) in [5.41, 5.74) is 7.80. The van der Waals surface area contributed by atoms with Gasteiger partial charge in [-0.05, 0) is 44.4 Å². The predicted octanol–water partition coefficient (Wildman–Crippen LogP) is 3.61. The summed E-state index contributed by atoms with van der Waals surface area (Å²) in [7, 11) is 0. The van der Waals surface area contributed by atoms with Gasteiger partial charge >= 0.3 is 0 Å². The van der Waals surface area contributed by atoms with Crippen molar-refractivity contribution in [1.29, 1.82) is 0 Å². The second-order valence-electron chi connectivity index (χ2n) is 7.05. The number of aryl methyl sites for hydroxylation is 2. The van der Waals surface area contributed by atoms with Crippen molar-refractivity contribution in [2.75, 3.05) is 13.1 Å². The van der Waals surface area contributed by atoms with Crippen molar-refractivity contribution in [2.45, 2.75) is 65.0 Å². The average Bonchev–Trinajstić information content (AvgIpc) is 2.51. The fourth-order valence-corrected chi connectivity index (χ4v) is 3.18. The first kappa shape index (κ1) is 20.8. The summed E-state index contributed by atoms with van der Waals surface area (Å²) in [5.74, 6) is 1.04. The molecule has 1 fully saturated rings. The van der Waals surface area contributed by atoms with Gasteiger partial charge in [-0.25, -0.2) is 0 Å². The van der Waals surface area contributed by atoms with E-state index in [1.165, 1.54) is 5.56 Å². The molecule has 0 bridgehead atoms. The van der Waals surface area contributed by atoms with Crippen molar-refractivity contribution in [3.63, 3.8) is 0 Å². The molecule has 0 aromatic heterocycles. The molecular formula is C19H31ClN2O2. The Morgan fingerprint density at radius 1 is 1.33 bits per heavy atom. The topological polar surface area (TPSA) is 55.6 Å². The molecule has 1 saturated heterocycles. The minimum atomic E-state index is -0.741. The molecule has 24 heavy (non-hydrogen) atoms. The van der Waals surface area contributed by atoms with E-state index < -0.39 is 5.54 Å². The predicted molar refractivity (Wildman–Crippen MR) is 101 cm³/mol. The number of hydrogen-bond donors (Lipinski definition) is 1. The zero-order valence-corrected chi connectivity index (χ0v) is 16.1. The maximum Gasteiger partial charge on any atom is 0.242 e. The molecule has 0 spiro atoms. The van der Waals surface area contributed by atoms with E-state index in [1.54, 1.807) is 0 Å². The highest BCUT2D eigenvalue weighted by Gasteiger charge is 2.34. The molecule has 2 rings (SSSR count). The monoisotopic (exact) mass is 354 g/mol. The first-order valence-corrected chi connectivity index (χ1v) is 8.65. The van der Waals surface area contributed by atoms with Gasteiger partial charge in [-0.3, -0.25) is 4.79 Å². The Morgan fingerprint density at radius 3 is 2.54 bits per heavy atom. The van der Waals surface area contributed by atoms with Gasteiger partial charge in [0.05, 0.1) is 5.54 Å². The SMILES string of the molecule is CCCC(C)(N)C(=O)N1CCC(Oc2cc(C)ccc2C)CC1.Cl. The van der Waals surface area contributed by atoms with E-state index in [2.05, 4.69) is 39.0 Å². The van der Waals surface area contributed by atoms with Crippen LogP contribution >= 0.6 is 12.4 Å². The molecular weight excluding hydrogens is 324 g/mol. The van der Waals surface area contributed by atoms with Crippen LogP contribution in [0.5, 0.6) is 5.75 Å². The van der Waals surface area contributed by atoms with Gasteiger partial charge in [0.25, 0.3) is 0 Å². The molecule has 1 aliphatic rings. The second-order valence-corrected chi connectivity index (χ2v) is 7.05. The molecule has 0 radical (unpaired) electrons. The zero-order chi connectivity index (χ0) is 17.0. The Labute approximate surface area is 152 Å². The quantitative estimate of drug-likeness (QED) is 0.878. The molecule has 1 aliphatic heterocycles. The number of ether oxygens (including phenoxy) is 1. The standard InChI is InChI=1S/C19H30N2O2.ClH/c1-5-10-19(4,20)18(22)21-11-8-16(9-12-21)23-17-13-14(2)6-7-15(17)3;/h6-7,13,16H,5,8-12,20H2,1-4H3;1H. The van der Waals surface area contributed by atoms with Crippen LogP contribution in [-0.4, -0.2) is 35.5 Å². The normalized spacial score (nSPS) is 17.8. The van der Waals surface area contributed by atoms with Crippen molar-refractivity contribution in [3.05, 3.63) is 29.3 Å². The first-order chi connectivity index (χ1) is 10.8. The Balaban J connectivity index is 0.00000288. The minimum absolute atomic E-state index is 0. The highest BCUT2D eigenvalue weighted by Crippen LogP contribution is 2.25. The van der Waals surface area contributed by atoms with Gasteiger partial charge in [0, 0.05) is 25.9 Å². The van der Waals surface area contributed by atoms with Crippen molar-refractivity contribution >= 4 is 18.3 Å². The lowest BCUT2D eigenvalue weighted by Gasteiger charge is -2.37. The number of hydrogen-bond acceptors (Lipinski definition) is 3. The Bertz CT molecular complexity index is 552. The molecule has 1 heterocycles. The number of amides is 1. The maximum atomic E-state index is 12.5. The van der Waals surface area contributed by atoms with E-state index in [1.807, 2.05) is 11.8 Å². The van der Waals surface area contributed by atoms with Crippen LogP contribution in [0, 0.1) is 13.8 Å². The van der Waals surface area contributed by atoms with Crippen LogP contribution in [0.1, 0.15) is 50.7 Å². The summed E-state index contributed by atoms with van der Waals surface area (Å²) in [6.07, 6.45) is 3.55.